The van der Waals surface area contributed by atoms with E-state index in [-0.39, 0.29) is 24.5 Å². The van der Waals surface area contributed by atoms with Crippen molar-refractivity contribution < 1.29 is 24.1 Å². The largest absolute Gasteiger partial charge is 0.463 e. The molecule has 5 heteroatoms. The van der Waals surface area contributed by atoms with Crippen LogP contribution in [0.5, 0.6) is 0 Å². The SMILES string of the molecule is CCC(C)O.CCC(C)OC(C)=O.CCC1CC(C)OC(C)O1. The van der Waals surface area contributed by atoms with E-state index in [0.29, 0.717) is 12.2 Å². The lowest BCUT2D eigenvalue weighted by atomic mass is 10.1. The van der Waals surface area contributed by atoms with Crippen LogP contribution >= 0.6 is 0 Å². The number of ether oxygens (including phenoxy) is 3. The Morgan fingerprint density at radius 1 is 1.17 bits per heavy atom. The van der Waals surface area contributed by atoms with Crippen LogP contribution < -0.4 is 0 Å². The van der Waals surface area contributed by atoms with Gasteiger partial charge in [-0.05, 0) is 53.4 Å². The van der Waals surface area contributed by atoms with Crippen LogP contribution in [0.15, 0.2) is 0 Å². The normalized spacial score (nSPS) is 25.9. The Balaban J connectivity index is 0. The van der Waals surface area contributed by atoms with E-state index in [1.54, 1.807) is 6.92 Å². The third-order valence-electron chi connectivity index (χ3n) is 3.39. The van der Waals surface area contributed by atoms with Crippen LogP contribution in [0.3, 0.4) is 0 Å². The van der Waals surface area contributed by atoms with E-state index in [0.717, 1.165) is 25.7 Å². The number of carbonyl (C=O) groups is 1. The molecule has 1 aliphatic rings. The zero-order valence-electron chi connectivity index (χ0n) is 16.3. The molecule has 23 heavy (non-hydrogen) atoms. The Kier molecular flexibility index (Phi) is 15.9. The second-order valence-corrected chi connectivity index (χ2v) is 6.00. The van der Waals surface area contributed by atoms with Crippen molar-refractivity contribution in [2.75, 3.05) is 0 Å². The van der Waals surface area contributed by atoms with Crippen molar-refractivity contribution in [1.82, 2.24) is 0 Å². The number of hydrogen-bond acceptors (Lipinski definition) is 5. The lowest BCUT2D eigenvalue weighted by molar-refractivity contribution is -0.229. The van der Waals surface area contributed by atoms with Gasteiger partial charge in [0.2, 0.25) is 0 Å². The van der Waals surface area contributed by atoms with Crippen molar-refractivity contribution >= 4 is 5.97 Å². The van der Waals surface area contributed by atoms with E-state index >= 15 is 0 Å². The van der Waals surface area contributed by atoms with Gasteiger partial charge in [0.25, 0.3) is 0 Å². The number of hydrogen-bond donors (Lipinski definition) is 1. The molecular formula is C18H38O5. The predicted molar refractivity (Wildman–Crippen MR) is 93.3 cm³/mol. The minimum atomic E-state index is -0.195. The van der Waals surface area contributed by atoms with E-state index < -0.39 is 0 Å². The van der Waals surface area contributed by atoms with Gasteiger partial charge in [0.15, 0.2) is 6.29 Å². The number of esters is 1. The third-order valence-corrected chi connectivity index (χ3v) is 3.39. The van der Waals surface area contributed by atoms with Gasteiger partial charge in [-0.25, -0.2) is 0 Å². The molecule has 0 amide bonds. The summed E-state index contributed by atoms with van der Waals surface area (Å²) in [6.45, 7) is 15.2. The van der Waals surface area contributed by atoms with Gasteiger partial charge in [-0.15, -0.1) is 0 Å². The monoisotopic (exact) mass is 334 g/mol. The molecule has 0 aromatic carbocycles. The quantitative estimate of drug-likeness (QED) is 0.785. The molecule has 5 unspecified atom stereocenters. The van der Waals surface area contributed by atoms with Crippen LogP contribution in [0.1, 0.15) is 81.1 Å². The van der Waals surface area contributed by atoms with Crippen LogP contribution in [-0.2, 0) is 19.0 Å². The molecule has 0 aromatic heterocycles. The molecule has 1 saturated heterocycles. The van der Waals surface area contributed by atoms with Gasteiger partial charge in [-0.3, -0.25) is 4.79 Å². The smallest absolute Gasteiger partial charge is 0.302 e. The average Bonchev–Trinajstić information content (AvgIpc) is 2.46. The van der Waals surface area contributed by atoms with Crippen molar-refractivity contribution in [3.8, 4) is 0 Å². The van der Waals surface area contributed by atoms with E-state index in [1.807, 2.05) is 27.7 Å². The number of aliphatic hydroxyl groups is 1. The molecule has 5 atom stereocenters. The summed E-state index contributed by atoms with van der Waals surface area (Å²) in [6, 6.07) is 0. The molecule has 0 bridgehead atoms. The maximum absolute atomic E-state index is 10.2. The Labute approximate surface area is 142 Å². The first-order valence-electron chi connectivity index (χ1n) is 8.82. The van der Waals surface area contributed by atoms with Crippen molar-refractivity contribution in [1.29, 1.82) is 0 Å². The second kappa shape index (κ2) is 14.9. The van der Waals surface area contributed by atoms with E-state index in [2.05, 4.69) is 13.8 Å². The molecule has 0 aromatic rings. The van der Waals surface area contributed by atoms with E-state index in [1.165, 1.54) is 6.92 Å². The number of carbonyl (C=O) groups excluding carboxylic acids is 1. The Morgan fingerprint density at radius 3 is 1.96 bits per heavy atom. The van der Waals surface area contributed by atoms with Crippen molar-refractivity contribution in [3.05, 3.63) is 0 Å². The highest BCUT2D eigenvalue weighted by atomic mass is 16.7. The lowest BCUT2D eigenvalue weighted by Gasteiger charge is -2.31. The molecule has 0 spiro atoms. The zero-order valence-corrected chi connectivity index (χ0v) is 16.3. The van der Waals surface area contributed by atoms with E-state index in [9.17, 15) is 4.79 Å². The van der Waals surface area contributed by atoms with Gasteiger partial charge in [-0.1, -0.05) is 20.8 Å². The summed E-state index contributed by atoms with van der Waals surface area (Å²) < 4.78 is 15.6. The first-order chi connectivity index (χ1) is 10.7. The summed E-state index contributed by atoms with van der Waals surface area (Å²) in [5, 5.41) is 8.36. The molecule has 1 N–H and O–H groups in total. The summed E-state index contributed by atoms with van der Waals surface area (Å²) in [5.41, 5.74) is 0. The Hall–Kier alpha value is -0.650. The van der Waals surface area contributed by atoms with Crippen molar-refractivity contribution in [2.45, 2.75) is 112 Å². The average molecular weight is 334 g/mol. The maximum Gasteiger partial charge on any atom is 0.302 e. The molecule has 1 rings (SSSR count). The summed E-state index contributed by atoms with van der Waals surface area (Å²) in [4.78, 5) is 10.2. The predicted octanol–water partition coefficient (Wildman–Crippen LogP) is 4.06. The Morgan fingerprint density at radius 2 is 1.70 bits per heavy atom. The molecule has 0 saturated carbocycles. The maximum atomic E-state index is 10.2. The molecule has 5 nitrogen and oxygen atoms in total. The Bertz CT molecular complexity index is 271. The van der Waals surface area contributed by atoms with Gasteiger partial charge < -0.3 is 19.3 Å². The zero-order chi connectivity index (χ0) is 18.4. The van der Waals surface area contributed by atoms with Gasteiger partial charge in [-0.2, -0.15) is 0 Å². The molecular weight excluding hydrogens is 296 g/mol. The summed E-state index contributed by atoms with van der Waals surface area (Å²) in [7, 11) is 0. The molecule has 1 aliphatic heterocycles. The first kappa shape index (κ1) is 24.6. The van der Waals surface area contributed by atoms with Crippen LogP contribution in [0.25, 0.3) is 0 Å². The van der Waals surface area contributed by atoms with Gasteiger partial charge >= 0.3 is 5.97 Å². The first-order valence-corrected chi connectivity index (χ1v) is 8.82. The second-order valence-electron chi connectivity index (χ2n) is 6.00. The summed E-state index contributed by atoms with van der Waals surface area (Å²) in [5.74, 6) is -0.195. The molecule has 140 valence electrons. The van der Waals surface area contributed by atoms with Gasteiger partial charge in [0.05, 0.1) is 24.4 Å². The van der Waals surface area contributed by atoms with Crippen LogP contribution in [0.2, 0.25) is 0 Å². The number of aliphatic hydroxyl groups excluding tert-OH is 1. The van der Waals surface area contributed by atoms with Crippen LogP contribution in [0.4, 0.5) is 0 Å². The molecule has 1 fully saturated rings. The minimum Gasteiger partial charge on any atom is -0.463 e. The fourth-order valence-electron chi connectivity index (χ4n) is 1.74. The third kappa shape index (κ3) is 17.5. The highest BCUT2D eigenvalue weighted by molar-refractivity contribution is 5.66. The fourth-order valence-corrected chi connectivity index (χ4v) is 1.74. The fraction of sp³-hybridized carbons (Fsp3) is 0.944. The molecule has 1 heterocycles. The van der Waals surface area contributed by atoms with E-state index in [4.69, 9.17) is 19.3 Å². The molecule has 0 aliphatic carbocycles. The van der Waals surface area contributed by atoms with Gasteiger partial charge in [0, 0.05) is 6.92 Å². The highest BCUT2D eigenvalue weighted by Crippen LogP contribution is 2.19. The van der Waals surface area contributed by atoms with Crippen molar-refractivity contribution in [3.63, 3.8) is 0 Å². The van der Waals surface area contributed by atoms with Gasteiger partial charge in [0.1, 0.15) is 0 Å². The number of rotatable bonds is 4. The van der Waals surface area contributed by atoms with Crippen LogP contribution in [-0.4, -0.2) is 41.8 Å². The summed E-state index contributed by atoms with van der Waals surface area (Å²) >= 11 is 0. The molecule has 0 radical (unpaired) electrons. The summed E-state index contributed by atoms with van der Waals surface area (Å²) in [6.07, 6.45) is 4.63. The minimum absolute atomic E-state index is 0.00583. The highest BCUT2D eigenvalue weighted by Gasteiger charge is 2.22. The van der Waals surface area contributed by atoms with Crippen LogP contribution in [0, 0.1) is 0 Å². The standard InChI is InChI=1S/C8H16O2.C6H12O2.C4H10O/c1-4-8-5-6(2)9-7(3)10-8;1-4-5(2)8-6(3)7;1-3-4(2)5/h6-8H,4-5H2,1-3H3;5H,4H2,1-3H3;4-5H,3H2,1-2H3. The topological polar surface area (TPSA) is 65.0 Å². The lowest BCUT2D eigenvalue weighted by Crippen LogP contribution is -2.34. The van der Waals surface area contributed by atoms with Crippen molar-refractivity contribution in [2.24, 2.45) is 0 Å².